The van der Waals surface area contributed by atoms with Crippen LogP contribution in [0.25, 0.3) is 0 Å². The van der Waals surface area contributed by atoms with Crippen molar-refractivity contribution in [1.82, 2.24) is 15.5 Å². The van der Waals surface area contributed by atoms with Crippen molar-refractivity contribution in [2.24, 2.45) is 0 Å². The van der Waals surface area contributed by atoms with Crippen molar-refractivity contribution in [3.8, 4) is 0 Å². The van der Waals surface area contributed by atoms with Gasteiger partial charge in [0.25, 0.3) is 0 Å². The fourth-order valence-electron chi connectivity index (χ4n) is 2.74. The van der Waals surface area contributed by atoms with E-state index in [1.807, 2.05) is 0 Å². The van der Waals surface area contributed by atoms with E-state index in [0.29, 0.717) is 12.1 Å². The van der Waals surface area contributed by atoms with Crippen LogP contribution in [0.15, 0.2) is 0 Å². The second-order valence-electron chi connectivity index (χ2n) is 5.69. The Kier molecular flexibility index (Phi) is 5.01. The molecule has 1 saturated heterocycles. The third-order valence-electron chi connectivity index (χ3n) is 4.04. The number of hydrogen-bond donors (Lipinski definition) is 2. The number of nitrogens with zero attached hydrogens (tertiary/aromatic N) is 1. The molecule has 0 spiro atoms. The molecule has 1 saturated carbocycles. The van der Waals surface area contributed by atoms with Crippen molar-refractivity contribution in [2.45, 2.75) is 64.1 Å². The second kappa shape index (κ2) is 6.53. The number of hydrogen-bond acceptors (Lipinski definition) is 3. The summed E-state index contributed by atoms with van der Waals surface area (Å²) in [4.78, 5) is 14.5. The second-order valence-corrected chi connectivity index (χ2v) is 5.69. The average Bonchev–Trinajstić information content (AvgIpc) is 3.09. The van der Waals surface area contributed by atoms with Crippen molar-refractivity contribution >= 4 is 5.91 Å². The molecule has 0 radical (unpaired) electrons. The number of carbonyl (C=O) groups is 1. The molecule has 1 aliphatic heterocycles. The first-order chi connectivity index (χ1) is 8.72. The predicted molar refractivity (Wildman–Crippen MR) is 73.5 cm³/mol. The molecule has 0 bridgehead atoms. The molecule has 2 aliphatic rings. The topological polar surface area (TPSA) is 44.4 Å². The van der Waals surface area contributed by atoms with Crippen molar-refractivity contribution in [1.29, 1.82) is 0 Å². The molecule has 1 aliphatic carbocycles. The molecule has 0 aromatic rings. The van der Waals surface area contributed by atoms with Gasteiger partial charge in [0.2, 0.25) is 5.91 Å². The minimum atomic E-state index is 0.0199. The first-order valence-corrected chi connectivity index (χ1v) is 7.49. The smallest absolute Gasteiger partial charge is 0.237 e. The largest absolute Gasteiger partial charge is 0.355 e. The lowest BCUT2D eigenvalue weighted by Gasteiger charge is -2.30. The quantitative estimate of drug-likeness (QED) is 0.714. The number of nitrogens with one attached hydrogen (secondary N) is 2. The van der Waals surface area contributed by atoms with Crippen LogP contribution in [0.5, 0.6) is 0 Å². The van der Waals surface area contributed by atoms with Gasteiger partial charge >= 0.3 is 0 Å². The summed E-state index contributed by atoms with van der Waals surface area (Å²) in [7, 11) is 0. The maximum Gasteiger partial charge on any atom is 0.237 e. The van der Waals surface area contributed by atoms with E-state index in [2.05, 4.69) is 29.4 Å². The molecular weight excluding hydrogens is 226 g/mol. The summed E-state index contributed by atoms with van der Waals surface area (Å²) in [5.74, 6) is 0.196. The molecule has 2 N–H and O–H groups in total. The Labute approximate surface area is 110 Å². The first-order valence-electron chi connectivity index (χ1n) is 7.49. The van der Waals surface area contributed by atoms with E-state index in [4.69, 9.17) is 0 Å². The summed E-state index contributed by atoms with van der Waals surface area (Å²) in [5, 5.41) is 6.55. The number of amides is 1. The molecule has 4 nitrogen and oxygen atoms in total. The Bertz CT molecular complexity index is 272. The number of carbonyl (C=O) groups excluding carboxylic acids is 1. The average molecular weight is 253 g/mol. The van der Waals surface area contributed by atoms with E-state index in [9.17, 15) is 4.79 Å². The lowest BCUT2D eigenvalue weighted by molar-refractivity contribution is -0.126. The maximum absolute atomic E-state index is 12.1. The Hall–Kier alpha value is -0.610. The van der Waals surface area contributed by atoms with Crippen LogP contribution in [0.3, 0.4) is 0 Å². The molecule has 1 amide bonds. The highest BCUT2D eigenvalue weighted by Crippen LogP contribution is 2.29. The third kappa shape index (κ3) is 3.69. The summed E-state index contributed by atoms with van der Waals surface area (Å²) in [5.41, 5.74) is 0. The Balaban J connectivity index is 1.85. The van der Waals surface area contributed by atoms with E-state index in [0.717, 1.165) is 26.1 Å². The Morgan fingerprint density at radius 1 is 1.44 bits per heavy atom. The van der Waals surface area contributed by atoms with Crippen LogP contribution >= 0.6 is 0 Å². The summed E-state index contributed by atoms with van der Waals surface area (Å²) >= 11 is 0. The number of rotatable bonds is 7. The monoisotopic (exact) mass is 253 g/mol. The van der Waals surface area contributed by atoms with Crippen molar-refractivity contribution in [3.05, 3.63) is 0 Å². The lowest BCUT2D eigenvalue weighted by Crippen LogP contribution is -2.50. The molecule has 2 unspecified atom stereocenters. The molecule has 1 heterocycles. The van der Waals surface area contributed by atoms with Gasteiger partial charge in [0.05, 0.1) is 6.04 Å². The van der Waals surface area contributed by atoms with E-state index < -0.39 is 0 Å². The highest BCUT2D eigenvalue weighted by Gasteiger charge is 2.36. The van der Waals surface area contributed by atoms with Crippen molar-refractivity contribution in [3.63, 3.8) is 0 Å². The van der Waals surface area contributed by atoms with Crippen LogP contribution in [0, 0.1) is 0 Å². The van der Waals surface area contributed by atoms with Gasteiger partial charge in [0.1, 0.15) is 0 Å². The fourth-order valence-corrected chi connectivity index (χ4v) is 2.74. The predicted octanol–water partition coefficient (Wildman–Crippen LogP) is 1.12. The maximum atomic E-state index is 12.1. The first kappa shape index (κ1) is 13.8. The third-order valence-corrected chi connectivity index (χ3v) is 4.04. The molecule has 2 atom stereocenters. The van der Waals surface area contributed by atoms with Crippen LogP contribution in [0.1, 0.15) is 46.0 Å². The SMILES string of the molecule is CCCNC(=O)C(C)N(CC1CCCN1)C1CC1. The summed E-state index contributed by atoms with van der Waals surface area (Å²) in [6, 6.07) is 1.26. The lowest BCUT2D eigenvalue weighted by atomic mass is 10.1. The highest BCUT2D eigenvalue weighted by molar-refractivity contribution is 5.81. The van der Waals surface area contributed by atoms with Crippen LogP contribution in [-0.4, -0.2) is 48.6 Å². The minimum absolute atomic E-state index is 0.0199. The molecule has 2 rings (SSSR count). The summed E-state index contributed by atoms with van der Waals surface area (Å²) in [6.45, 7) is 7.11. The molecule has 4 heteroatoms. The zero-order valence-electron chi connectivity index (χ0n) is 11.7. The van der Waals surface area contributed by atoms with E-state index in [-0.39, 0.29) is 11.9 Å². The summed E-state index contributed by atoms with van der Waals surface area (Å²) in [6.07, 6.45) is 6.06. The Morgan fingerprint density at radius 3 is 2.78 bits per heavy atom. The van der Waals surface area contributed by atoms with Gasteiger partial charge in [0, 0.05) is 25.2 Å². The zero-order valence-corrected chi connectivity index (χ0v) is 11.7. The van der Waals surface area contributed by atoms with Gasteiger partial charge in [-0.15, -0.1) is 0 Å². The van der Waals surface area contributed by atoms with Crippen LogP contribution in [0.4, 0.5) is 0 Å². The molecule has 0 aromatic carbocycles. The summed E-state index contributed by atoms with van der Waals surface area (Å²) < 4.78 is 0. The van der Waals surface area contributed by atoms with E-state index in [1.54, 1.807) is 0 Å². The standard InChI is InChI=1S/C14H27N3O/c1-3-8-16-14(18)11(2)17(13-6-7-13)10-12-5-4-9-15-12/h11-13,15H,3-10H2,1-2H3,(H,16,18). The fraction of sp³-hybridized carbons (Fsp3) is 0.929. The molecule has 0 aromatic heterocycles. The molecular formula is C14H27N3O. The van der Waals surface area contributed by atoms with E-state index >= 15 is 0 Å². The van der Waals surface area contributed by atoms with Crippen LogP contribution < -0.4 is 10.6 Å². The molecule has 2 fully saturated rings. The van der Waals surface area contributed by atoms with Gasteiger partial charge in [-0.05, 0) is 45.6 Å². The van der Waals surface area contributed by atoms with Gasteiger partial charge in [-0.1, -0.05) is 6.92 Å². The normalized spacial score (nSPS) is 25.4. The van der Waals surface area contributed by atoms with Gasteiger partial charge < -0.3 is 10.6 Å². The highest BCUT2D eigenvalue weighted by atomic mass is 16.2. The zero-order chi connectivity index (χ0) is 13.0. The van der Waals surface area contributed by atoms with Gasteiger partial charge in [0.15, 0.2) is 0 Å². The Morgan fingerprint density at radius 2 is 2.22 bits per heavy atom. The minimum Gasteiger partial charge on any atom is -0.355 e. The molecule has 104 valence electrons. The van der Waals surface area contributed by atoms with E-state index in [1.165, 1.54) is 25.7 Å². The molecule has 18 heavy (non-hydrogen) atoms. The van der Waals surface area contributed by atoms with Crippen molar-refractivity contribution in [2.75, 3.05) is 19.6 Å². The van der Waals surface area contributed by atoms with Gasteiger partial charge in [-0.2, -0.15) is 0 Å². The van der Waals surface area contributed by atoms with Crippen molar-refractivity contribution < 1.29 is 4.79 Å². The van der Waals surface area contributed by atoms with Gasteiger partial charge in [-0.3, -0.25) is 9.69 Å². The van der Waals surface area contributed by atoms with Crippen LogP contribution in [0.2, 0.25) is 0 Å². The van der Waals surface area contributed by atoms with Gasteiger partial charge in [-0.25, -0.2) is 0 Å². The van der Waals surface area contributed by atoms with Crippen LogP contribution in [-0.2, 0) is 4.79 Å².